The van der Waals surface area contributed by atoms with E-state index in [1.807, 2.05) is 12.1 Å². The molecule has 12 heteroatoms. The Labute approximate surface area is 251 Å². The largest absolute Gasteiger partial charge is 0.484 e. The Kier molecular flexibility index (Phi) is 9.53. The number of amides is 1. The number of ether oxygens (including phenoxy) is 4. The minimum absolute atomic E-state index is 0.0573. The summed E-state index contributed by atoms with van der Waals surface area (Å²) in [6.45, 7) is 4.19. The molecule has 3 heterocycles. The predicted molar refractivity (Wildman–Crippen MR) is 157 cm³/mol. The van der Waals surface area contributed by atoms with Crippen LogP contribution in [0.15, 0.2) is 69.6 Å². The van der Waals surface area contributed by atoms with E-state index in [4.69, 9.17) is 30.5 Å². The van der Waals surface area contributed by atoms with Crippen molar-refractivity contribution < 1.29 is 28.5 Å². The molecule has 220 valence electrons. The molecule has 3 aromatic rings. The molecule has 2 aliphatic heterocycles. The van der Waals surface area contributed by atoms with Crippen LogP contribution in [0.4, 0.5) is 0 Å². The van der Waals surface area contributed by atoms with Crippen molar-refractivity contribution in [3.8, 4) is 5.75 Å². The number of fused-ring (bicyclic) bond motifs is 1. The quantitative estimate of drug-likeness (QED) is 0.270. The molecule has 1 fully saturated rings. The van der Waals surface area contributed by atoms with Crippen LogP contribution in [0, 0.1) is 0 Å². The number of rotatable bonds is 9. The van der Waals surface area contributed by atoms with E-state index < -0.39 is 12.0 Å². The molecule has 0 aliphatic carbocycles. The molecule has 1 unspecified atom stereocenters. The summed E-state index contributed by atoms with van der Waals surface area (Å²) in [7, 11) is 1.52. The normalized spacial score (nSPS) is 17.1. The fourth-order valence-corrected chi connectivity index (χ4v) is 5.87. The third-order valence-electron chi connectivity index (χ3n) is 6.85. The van der Waals surface area contributed by atoms with Gasteiger partial charge in [-0.3, -0.25) is 14.2 Å². The van der Waals surface area contributed by atoms with Crippen LogP contribution < -0.4 is 19.6 Å². The van der Waals surface area contributed by atoms with Crippen molar-refractivity contribution in [3.63, 3.8) is 0 Å². The van der Waals surface area contributed by atoms with E-state index in [1.165, 1.54) is 23.0 Å². The number of hydrogen-bond acceptors (Lipinski definition) is 9. The zero-order valence-electron chi connectivity index (χ0n) is 23.2. The monoisotopic (exact) mass is 611 g/mol. The Balaban J connectivity index is 1.42. The van der Waals surface area contributed by atoms with Crippen molar-refractivity contribution in [3.05, 3.63) is 95.6 Å². The van der Waals surface area contributed by atoms with Crippen LogP contribution in [0.5, 0.6) is 5.75 Å². The lowest BCUT2D eigenvalue weighted by molar-refractivity contribution is -0.141. The number of aromatic nitrogens is 1. The van der Waals surface area contributed by atoms with Gasteiger partial charge in [0.25, 0.3) is 11.5 Å². The van der Waals surface area contributed by atoms with Gasteiger partial charge in [-0.05, 0) is 48.4 Å². The fourth-order valence-electron chi connectivity index (χ4n) is 4.70. The zero-order chi connectivity index (χ0) is 29.6. The van der Waals surface area contributed by atoms with Crippen LogP contribution in [-0.4, -0.2) is 74.6 Å². The SMILES string of the molecule is COCCOC(=O)C1=C(C)N=c2sc(=Cc3ccc(OCC(=O)N4CCOCC4)cc3)c(=O)n2C1c1ccc(Cl)cc1. The van der Waals surface area contributed by atoms with Crippen molar-refractivity contribution in [2.24, 2.45) is 4.99 Å². The van der Waals surface area contributed by atoms with Crippen LogP contribution in [-0.2, 0) is 23.8 Å². The summed E-state index contributed by atoms with van der Waals surface area (Å²) >= 11 is 7.37. The van der Waals surface area contributed by atoms with E-state index in [9.17, 15) is 14.4 Å². The molecule has 0 N–H and O–H groups in total. The molecule has 0 saturated carbocycles. The van der Waals surface area contributed by atoms with Gasteiger partial charge in [0.1, 0.15) is 12.4 Å². The van der Waals surface area contributed by atoms with Crippen molar-refractivity contribution in [1.29, 1.82) is 0 Å². The maximum absolute atomic E-state index is 13.8. The highest BCUT2D eigenvalue weighted by Crippen LogP contribution is 2.31. The molecule has 1 aromatic heterocycles. The smallest absolute Gasteiger partial charge is 0.338 e. The molecule has 42 heavy (non-hydrogen) atoms. The van der Waals surface area contributed by atoms with Gasteiger partial charge in [0.2, 0.25) is 0 Å². The van der Waals surface area contributed by atoms with Gasteiger partial charge in [-0.15, -0.1) is 0 Å². The summed E-state index contributed by atoms with van der Waals surface area (Å²) in [4.78, 5) is 46.1. The molecule has 5 rings (SSSR count). The number of esters is 1. The van der Waals surface area contributed by atoms with Crippen molar-refractivity contribution in [2.45, 2.75) is 13.0 Å². The first-order valence-corrected chi connectivity index (χ1v) is 14.6. The third kappa shape index (κ3) is 6.65. The molecule has 10 nitrogen and oxygen atoms in total. The summed E-state index contributed by atoms with van der Waals surface area (Å²) in [5.74, 6) is -0.105. The summed E-state index contributed by atoms with van der Waals surface area (Å²) < 4.78 is 23.4. The van der Waals surface area contributed by atoms with Gasteiger partial charge >= 0.3 is 5.97 Å². The summed E-state index contributed by atoms with van der Waals surface area (Å²) in [5.41, 5.74) is 1.93. The van der Waals surface area contributed by atoms with Gasteiger partial charge < -0.3 is 23.8 Å². The number of methoxy groups -OCH3 is 1. The number of carbonyl (C=O) groups excluding carboxylic acids is 2. The highest BCUT2D eigenvalue weighted by Gasteiger charge is 2.33. The summed E-state index contributed by atoms with van der Waals surface area (Å²) in [5, 5.41) is 0.536. The third-order valence-corrected chi connectivity index (χ3v) is 8.09. The van der Waals surface area contributed by atoms with E-state index in [0.29, 0.717) is 57.7 Å². The Hall–Kier alpha value is -3.77. The number of carbonyl (C=O) groups is 2. The molecular weight excluding hydrogens is 582 g/mol. The maximum Gasteiger partial charge on any atom is 0.338 e. The Morgan fingerprint density at radius 1 is 1.10 bits per heavy atom. The highest BCUT2D eigenvalue weighted by molar-refractivity contribution is 7.07. The van der Waals surface area contributed by atoms with Crippen LogP contribution in [0.3, 0.4) is 0 Å². The van der Waals surface area contributed by atoms with E-state index in [-0.39, 0.29) is 36.9 Å². The summed E-state index contributed by atoms with van der Waals surface area (Å²) in [6.07, 6.45) is 1.77. The Morgan fingerprint density at radius 3 is 2.50 bits per heavy atom. The first kappa shape index (κ1) is 29.7. The van der Waals surface area contributed by atoms with E-state index in [2.05, 4.69) is 4.99 Å². The maximum atomic E-state index is 13.8. The van der Waals surface area contributed by atoms with Gasteiger partial charge in [-0.1, -0.05) is 47.2 Å². The number of nitrogens with zero attached hydrogens (tertiary/aromatic N) is 3. The lowest BCUT2D eigenvalue weighted by atomic mass is 9.96. The molecule has 1 atom stereocenters. The Morgan fingerprint density at radius 2 is 1.81 bits per heavy atom. The first-order valence-electron chi connectivity index (χ1n) is 13.4. The van der Waals surface area contributed by atoms with Gasteiger partial charge in [-0.25, -0.2) is 9.79 Å². The minimum Gasteiger partial charge on any atom is -0.484 e. The van der Waals surface area contributed by atoms with Crippen LogP contribution in [0.25, 0.3) is 6.08 Å². The zero-order valence-corrected chi connectivity index (χ0v) is 24.8. The van der Waals surface area contributed by atoms with Gasteiger partial charge in [0, 0.05) is 25.2 Å². The van der Waals surface area contributed by atoms with Crippen LogP contribution >= 0.6 is 22.9 Å². The number of morpholine rings is 1. The molecule has 0 radical (unpaired) electrons. The molecular formula is C30H30ClN3O7S. The molecule has 2 aliphatic rings. The first-order chi connectivity index (χ1) is 20.4. The standard InChI is InChI=1S/C30H30ClN3O7S/c1-19-26(29(37)40-16-15-38-2)27(21-5-7-22(31)8-6-21)34-28(36)24(42-30(34)32-19)17-20-3-9-23(10-4-20)41-18-25(35)33-11-13-39-14-12-33/h3-10,17,27H,11-16,18H2,1-2H3. The van der Waals surface area contributed by atoms with Crippen LogP contribution in [0.2, 0.25) is 5.02 Å². The average molecular weight is 612 g/mol. The number of hydrogen-bond donors (Lipinski definition) is 0. The highest BCUT2D eigenvalue weighted by atomic mass is 35.5. The average Bonchev–Trinajstić information content (AvgIpc) is 3.30. The number of benzene rings is 2. The number of halogens is 1. The van der Waals surface area contributed by atoms with Crippen LogP contribution in [0.1, 0.15) is 24.1 Å². The van der Waals surface area contributed by atoms with E-state index in [0.717, 1.165) is 5.56 Å². The number of thiazole rings is 1. The lowest BCUT2D eigenvalue weighted by Crippen LogP contribution is -2.42. The van der Waals surface area contributed by atoms with E-state index in [1.54, 1.807) is 54.3 Å². The fraction of sp³-hybridized carbons (Fsp3) is 0.333. The second-order valence-electron chi connectivity index (χ2n) is 9.61. The molecule has 1 amide bonds. The predicted octanol–water partition coefficient (Wildman–Crippen LogP) is 2.32. The number of allylic oxidation sites excluding steroid dienone is 1. The topological polar surface area (TPSA) is 109 Å². The molecule has 1 saturated heterocycles. The van der Waals surface area contributed by atoms with Gasteiger partial charge in [0.05, 0.1) is 41.7 Å². The second-order valence-corrected chi connectivity index (χ2v) is 11.1. The summed E-state index contributed by atoms with van der Waals surface area (Å²) in [6, 6.07) is 13.4. The Bertz CT molecular complexity index is 1660. The molecule has 0 bridgehead atoms. The minimum atomic E-state index is -0.740. The van der Waals surface area contributed by atoms with Gasteiger partial charge in [0.15, 0.2) is 11.4 Å². The lowest BCUT2D eigenvalue weighted by Gasteiger charge is -2.26. The van der Waals surface area contributed by atoms with Crippen molar-refractivity contribution in [1.82, 2.24) is 9.47 Å². The second kappa shape index (κ2) is 13.5. The van der Waals surface area contributed by atoms with Crippen molar-refractivity contribution >= 4 is 40.9 Å². The molecule has 0 spiro atoms. The van der Waals surface area contributed by atoms with Crippen molar-refractivity contribution in [2.75, 3.05) is 53.2 Å². The van der Waals surface area contributed by atoms with E-state index >= 15 is 0 Å². The van der Waals surface area contributed by atoms with Gasteiger partial charge in [-0.2, -0.15) is 0 Å². The molecule has 2 aromatic carbocycles.